The number of hydrogen-bond acceptors (Lipinski definition) is 5. The molecule has 7 nitrogen and oxygen atoms in total. The van der Waals surface area contributed by atoms with Gasteiger partial charge in [-0.2, -0.15) is 0 Å². The van der Waals surface area contributed by atoms with Crippen LogP contribution in [0.1, 0.15) is 93.4 Å². The van der Waals surface area contributed by atoms with E-state index in [0.717, 1.165) is 12.8 Å². The van der Waals surface area contributed by atoms with E-state index in [2.05, 4.69) is 17.6 Å². The third-order valence-corrected chi connectivity index (χ3v) is 4.03. The highest BCUT2D eigenvalue weighted by Gasteiger charge is 2.19. The van der Waals surface area contributed by atoms with Crippen LogP contribution in [0.2, 0.25) is 0 Å². The molecule has 170 valence electrons. The Morgan fingerprint density at radius 2 is 1.17 bits per heavy atom. The maximum atomic E-state index is 12.5. The number of carbonyl (C=O) groups excluding carboxylic acids is 3. The lowest BCUT2D eigenvalue weighted by atomic mass is 9.90. The van der Waals surface area contributed by atoms with Gasteiger partial charge >= 0.3 is 12.2 Å². The molecule has 0 aromatic rings. The summed E-state index contributed by atoms with van der Waals surface area (Å²) in [5, 5.41) is 5.47. The second-order valence-electron chi connectivity index (χ2n) is 9.41. The summed E-state index contributed by atoms with van der Waals surface area (Å²) in [5.41, 5.74) is -1.05. The number of nitrogens with one attached hydrogen (secondary N) is 2. The second-order valence-corrected chi connectivity index (χ2v) is 9.41. The van der Waals surface area contributed by atoms with Gasteiger partial charge in [-0.05, 0) is 73.6 Å². The van der Waals surface area contributed by atoms with Crippen molar-refractivity contribution in [3.8, 4) is 0 Å². The van der Waals surface area contributed by atoms with Crippen LogP contribution in [0.5, 0.6) is 0 Å². The number of Topliss-reactive ketones (excluding diaryl/α,β-unsaturated/α-hetero) is 1. The lowest BCUT2D eigenvalue weighted by Gasteiger charge is -2.21. The lowest BCUT2D eigenvalue weighted by molar-refractivity contribution is -0.123. The van der Waals surface area contributed by atoms with Crippen LogP contribution in [-0.4, -0.2) is 42.3 Å². The van der Waals surface area contributed by atoms with Gasteiger partial charge in [-0.1, -0.05) is 13.3 Å². The van der Waals surface area contributed by atoms with Gasteiger partial charge in [0.05, 0.1) is 0 Å². The Kier molecular flexibility index (Phi) is 12.6. The van der Waals surface area contributed by atoms with Crippen LogP contribution in [0.3, 0.4) is 0 Å². The predicted octanol–water partition coefficient (Wildman–Crippen LogP) is 4.97. The molecule has 0 aromatic carbocycles. The molecule has 0 aliphatic carbocycles. The third-order valence-electron chi connectivity index (χ3n) is 4.03. The zero-order chi connectivity index (χ0) is 22.5. The number of ketones is 1. The molecule has 0 fully saturated rings. The van der Waals surface area contributed by atoms with Crippen molar-refractivity contribution in [2.75, 3.05) is 13.1 Å². The monoisotopic (exact) mass is 414 g/mol. The number of amides is 2. The fourth-order valence-electron chi connectivity index (χ4n) is 2.73. The zero-order valence-electron chi connectivity index (χ0n) is 19.5. The molecular weight excluding hydrogens is 372 g/mol. The van der Waals surface area contributed by atoms with Gasteiger partial charge in [-0.25, -0.2) is 9.59 Å². The molecule has 0 saturated carbocycles. The Morgan fingerprint density at radius 1 is 0.759 bits per heavy atom. The molecule has 0 unspecified atom stereocenters. The summed E-state index contributed by atoms with van der Waals surface area (Å²) in [4.78, 5) is 35.9. The molecule has 0 bridgehead atoms. The molecule has 0 spiro atoms. The van der Waals surface area contributed by atoms with Crippen LogP contribution in [0.25, 0.3) is 0 Å². The number of unbranched alkanes of at least 4 members (excludes halogenated alkanes) is 1. The van der Waals surface area contributed by atoms with Crippen molar-refractivity contribution in [2.24, 2.45) is 5.92 Å². The number of ether oxygens (including phenoxy) is 2. The molecule has 0 aliphatic heterocycles. The average molecular weight is 415 g/mol. The Hall–Kier alpha value is -1.79. The minimum Gasteiger partial charge on any atom is -0.444 e. The van der Waals surface area contributed by atoms with E-state index in [-0.39, 0.29) is 11.7 Å². The molecule has 0 radical (unpaired) electrons. The summed E-state index contributed by atoms with van der Waals surface area (Å²) < 4.78 is 10.4. The first-order valence-corrected chi connectivity index (χ1v) is 10.8. The van der Waals surface area contributed by atoms with Gasteiger partial charge in [0.15, 0.2) is 0 Å². The molecule has 7 heteroatoms. The zero-order valence-corrected chi connectivity index (χ0v) is 19.5. The van der Waals surface area contributed by atoms with E-state index in [1.807, 2.05) is 41.5 Å². The van der Waals surface area contributed by atoms with Gasteiger partial charge in [0, 0.05) is 25.4 Å². The molecule has 2 amide bonds. The Labute approximate surface area is 176 Å². The maximum Gasteiger partial charge on any atom is 0.407 e. The molecular formula is C22H42N2O5. The van der Waals surface area contributed by atoms with Gasteiger partial charge in [-0.15, -0.1) is 0 Å². The summed E-state index contributed by atoms with van der Waals surface area (Å²) in [7, 11) is 0. The summed E-state index contributed by atoms with van der Waals surface area (Å²) in [6.45, 7) is 13.9. The summed E-state index contributed by atoms with van der Waals surface area (Å²) >= 11 is 0. The molecule has 0 atom stereocenters. The first-order valence-electron chi connectivity index (χ1n) is 10.8. The van der Waals surface area contributed by atoms with Gasteiger partial charge in [0.25, 0.3) is 0 Å². The quantitative estimate of drug-likeness (QED) is 0.440. The lowest BCUT2D eigenvalue weighted by Crippen LogP contribution is -2.33. The van der Waals surface area contributed by atoms with E-state index >= 15 is 0 Å². The third kappa shape index (κ3) is 16.8. The van der Waals surface area contributed by atoms with Gasteiger partial charge in [0.1, 0.15) is 17.0 Å². The van der Waals surface area contributed by atoms with E-state index in [1.54, 1.807) is 0 Å². The van der Waals surface area contributed by atoms with E-state index in [0.29, 0.717) is 45.2 Å². The fourth-order valence-corrected chi connectivity index (χ4v) is 2.73. The minimum absolute atomic E-state index is 0.0533. The van der Waals surface area contributed by atoms with Crippen LogP contribution in [-0.2, 0) is 14.3 Å². The molecule has 2 N–H and O–H groups in total. The maximum absolute atomic E-state index is 12.5. The SMILES string of the molecule is CCCCC(=O)C(CCCNC(=O)OC(C)(C)C)CCCNC(=O)OC(C)(C)C. The highest BCUT2D eigenvalue weighted by Crippen LogP contribution is 2.18. The van der Waals surface area contributed by atoms with Crippen LogP contribution >= 0.6 is 0 Å². The van der Waals surface area contributed by atoms with Crippen LogP contribution < -0.4 is 10.6 Å². The first kappa shape index (κ1) is 27.2. The molecule has 29 heavy (non-hydrogen) atoms. The number of carbonyl (C=O) groups is 3. The van der Waals surface area contributed by atoms with E-state index in [4.69, 9.17) is 9.47 Å². The van der Waals surface area contributed by atoms with Crippen LogP contribution in [0.15, 0.2) is 0 Å². The van der Waals surface area contributed by atoms with Crippen molar-refractivity contribution in [2.45, 2.75) is 105 Å². The van der Waals surface area contributed by atoms with Crippen LogP contribution in [0, 0.1) is 5.92 Å². The highest BCUT2D eigenvalue weighted by molar-refractivity contribution is 5.80. The Bertz CT molecular complexity index is 470. The molecule has 0 saturated heterocycles. The topological polar surface area (TPSA) is 93.7 Å². The number of alkyl carbamates (subject to hydrolysis) is 2. The largest absolute Gasteiger partial charge is 0.444 e. The standard InChI is InChI=1S/C22H42N2O5/c1-8-9-14-18(25)17(12-10-15-23-19(26)28-21(2,3)4)13-11-16-24-20(27)29-22(5,6)7/h17H,8-16H2,1-7H3,(H,23,26)(H,24,27). The number of hydrogen-bond donors (Lipinski definition) is 2. The van der Waals surface area contributed by atoms with E-state index < -0.39 is 23.4 Å². The highest BCUT2D eigenvalue weighted by atomic mass is 16.6. The van der Waals surface area contributed by atoms with Crippen molar-refractivity contribution in [1.29, 1.82) is 0 Å². The summed E-state index contributed by atoms with van der Waals surface area (Å²) in [6, 6.07) is 0. The summed E-state index contributed by atoms with van der Waals surface area (Å²) in [5.74, 6) is 0.212. The van der Waals surface area contributed by atoms with E-state index in [1.165, 1.54) is 0 Å². The van der Waals surface area contributed by atoms with Crippen molar-refractivity contribution < 1.29 is 23.9 Å². The molecule has 0 rings (SSSR count). The Morgan fingerprint density at radius 3 is 1.52 bits per heavy atom. The normalized spacial score (nSPS) is 11.9. The van der Waals surface area contributed by atoms with E-state index in [9.17, 15) is 14.4 Å². The number of rotatable bonds is 12. The second kappa shape index (κ2) is 13.4. The fraction of sp³-hybridized carbons (Fsp3) is 0.864. The molecule has 0 aliphatic rings. The van der Waals surface area contributed by atoms with Crippen molar-refractivity contribution in [3.63, 3.8) is 0 Å². The van der Waals surface area contributed by atoms with Gasteiger partial charge < -0.3 is 20.1 Å². The molecule has 0 heterocycles. The predicted molar refractivity (Wildman–Crippen MR) is 115 cm³/mol. The molecule has 0 aromatic heterocycles. The Balaban J connectivity index is 4.33. The van der Waals surface area contributed by atoms with Gasteiger partial charge in [0.2, 0.25) is 0 Å². The van der Waals surface area contributed by atoms with Crippen molar-refractivity contribution in [1.82, 2.24) is 10.6 Å². The van der Waals surface area contributed by atoms with Gasteiger partial charge in [-0.3, -0.25) is 4.79 Å². The first-order chi connectivity index (χ1) is 13.3. The van der Waals surface area contributed by atoms with Crippen molar-refractivity contribution in [3.05, 3.63) is 0 Å². The minimum atomic E-state index is -0.524. The summed E-state index contributed by atoms with van der Waals surface area (Å²) in [6.07, 6.45) is 4.43. The van der Waals surface area contributed by atoms with Crippen molar-refractivity contribution >= 4 is 18.0 Å². The average Bonchev–Trinajstić information content (AvgIpc) is 2.54. The van der Waals surface area contributed by atoms with Crippen LogP contribution in [0.4, 0.5) is 9.59 Å². The smallest absolute Gasteiger partial charge is 0.407 e.